The second kappa shape index (κ2) is 9.60. The van der Waals surface area contributed by atoms with Crippen molar-refractivity contribution in [3.63, 3.8) is 0 Å². The summed E-state index contributed by atoms with van der Waals surface area (Å²) in [6.45, 7) is 1.74. The van der Waals surface area contributed by atoms with E-state index >= 15 is 0 Å². The number of rotatable bonds is 8. The fourth-order valence-electron chi connectivity index (χ4n) is 3.35. The van der Waals surface area contributed by atoms with Crippen molar-refractivity contribution in [1.29, 1.82) is 0 Å². The molecule has 1 aliphatic heterocycles. The summed E-state index contributed by atoms with van der Waals surface area (Å²) in [7, 11) is -3.97. The number of hydrogen-bond donors (Lipinski definition) is 1. The molecule has 0 saturated carbocycles. The predicted octanol–water partition coefficient (Wildman–Crippen LogP) is 3.37. The SMILES string of the molecule is Cc1ccc(S(=O)(=O)N(CC(=O)NCc2ccc3c(c2)OCO3)Cc2ccc(F)cc2)cc1. The second-order valence-electron chi connectivity index (χ2n) is 7.68. The summed E-state index contributed by atoms with van der Waals surface area (Å²) in [4.78, 5) is 12.8. The molecule has 9 heteroatoms. The highest BCUT2D eigenvalue weighted by atomic mass is 32.2. The number of aryl methyl sites for hydroxylation is 1. The van der Waals surface area contributed by atoms with E-state index in [-0.39, 0.29) is 24.8 Å². The number of carbonyl (C=O) groups excluding carboxylic acids is 1. The first-order valence-electron chi connectivity index (χ1n) is 10.3. The number of amides is 1. The fraction of sp³-hybridized carbons (Fsp3) is 0.208. The molecule has 172 valence electrons. The lowest BCUT2D eigenvalue weighted by Gasteiger charge is -2.22. The highest BCUT2D eigenvalue weighted by Gasteiger charge is 2.27. The van der Waals surface area contributed by atoms with Crippen molar-refractivity contribution >= 4 is 15.9 Å². The normalized spacial score (nSPS) is 12.7. The maximum atomic E-state index is 13.3. The van der Waals surface area contributed by atoms with E-state index in [1.807, 2.05) is 6.92 Å². The van der Waals surface area contributed by atoms with E-state index in [2.05, 4.69) is 5.32 Å². The van der Waals surface area contributed by atoms with Gasteiger partial charge in [-0.2, -0.15) is 4.31 Å². The van der Waals surface area contributed by atoms with Crippen molar-refractivity contribution in [2.45, 2.75) is 24.9 Å². The minimum Gasteiger partial charge on any atom is -0.454 e. The summed E-state index contributed by atoms with van der Waals surface area (Å²) in [5.74, 6) is 0.347. The molecular formula is C24H23FN2O5S. The van der Waals surface area contributed by atoms with Crippen molar-refractivity contribution in [2.24, 2.45) is 0 Å². The number of fused-ring (bicyclic) bond motifs is 1. The lowest BCUT2D eigenvalue weighted by Crippen LogP contribution is -2.40. The molecule has 0 saturated heterocycles. The molecule has 4 rings (SSSR count). The number of carbonyl (C=O) groups is 1. The van der Waals surface area contributed by atoms with E-state index in [1.165, 1.54) is 36.4 Å². The molecule has 1 aliphatic rings. The van der Waals surface area contributed by atoms with Gasteiger partial charge in [-0.3, -0.25) is 4.79 Å². The van der Waals surface area contributed by atoms with E-state index < -0.39 is 28.3 Å². The standard InChI is InChI=1S/C24H23FN2O5S/c1-17-2-9-21(10-3-17)33(29,30)27(14-18-4-7-20(25)8-5-18)15-24(28)26-13-19-6-11-22-23(12-19)32-16-31-22/h2-12H,13-16H2,1H3,(H,26,28). The average Bonchev–Trinajstić information content (AvgIpc) is 3.27. The molecule has 0 radical (unpaired) electrons. The zero-order valence-electron chi connectivity index (χ0n) is 18.0. The Kier molecular flexibility index (Phi) is 6.62. The van der Waals surface area contributed by atoms with Crippen LogP contribution in [0.15, 0.2) is 71.6 Å². The summed E-state index contributed by atoms with van der Waals surface area (Å²) >= 11 is 0. The van der Waals surface area contributed by atoms with E-state index in [0.717, 1.165) is 15.4 Å². The molecule has 3 aromatic rings. The van der Waals surface area contributed by atoms with Crippen LogP contribution < -0.4 is 14.8 Å². The van der Waals surface area contributed by atoms with Crippen LogP contribution >= 0.6 is 0 Å². The van der Waals surface area contributed by atoms with Gasteiger partial charge in [0.15, 0.2) is 11.5 Å². The quantitative estimate of drug-likeness (QED) is 0.546. The summed E-state index contributed by atoms with van der Waals surface area (Å²) in [6.07, 6.45) is 0. The highest BCUT2D eigenvalue weighted by Crippen LogP contribution is 2.32. The largest absolute Gasteiger partial charge is 0.454 e. The van der Waals surface area contributed by atoms with Gasteiger partial charge in [0.05, 0.1) is 11.4 Å². The van der Waals surface area contributed by atoms with Crippen LogP contribution in [0.25, 0.3) is 0 Å². The van der Waals surface area contributed by atoms with Crippen LogP contribution in [0, 0.1) is 12.7 Å². The fourth-order valence-corrected chi connectivity index (χ4v) is 4.73. The number of ether oxygens (including phenoxy) is 2. The Hall–Kier alpha value is -3.43. The Balaban J connectivity index is 1.50. The molecule has 0 fully saturated rings. The van der Waals surface area contributed by atoms with Gasteiger partial charge >= 0.3 is 0 Å². The van der Waals surface area contributed by atoms with Crippen LogP contribution in [0.5, 0.6) is 11.5 Å². The lowest BCUT2D eigenvalue weighted by atomic mass is 10.2. The van der Waals surface area contributed by atoms with Gasteiger partial charge in [0.2, 0.25) is 22.7 Å². The molecular weight excluding hydrogens is 447 g/mol. The third kappa shape index (κ3) is 5.50. The molecule has 1 heterocycles. The lowest BCUT2D eigenvalue weighted by molar-refractivity contribution is -0.121. The number of halogens is 1. The first-order valence-corrected chi connectivity index (χ1v) is 11.7. The number of sulfonamides is 1. The maximum Gasteiger partial charge on any atom is 0.243 e. The van der Waals surface area contributed by atoms with Crippen molar-refractivity contribution in [3.05, 3.63) is 89.2 Å². The molecule has 0 aromatic heterocycles. The Morgan fingerprint density at radius 1 is 0.970 bits per heavy atom. The van der Waals surface area contributed by atoms with Crippen LogP contribution in [0.3, 0.4) is 0 Å². The second-order valence-corrected chi connectivity index (χ2v) is 9.61. The third-order valence-electron chi connectivity index (χ3n) is 5.18. The Bertz CT molecular complexity index is 1240. The number of nitrogens with one attached hydrogen (secondary N) is 1. The van der Waals surface area contributed by atoms with Crippen LogP contribution in [0.4, 0.5) is 4.39 Å². The smallest absolute Gasteiger partial charge is 0.243 e. The molecule has 1 amide bonds. The maximum absolute atomic E-state index is 13.3. The van der Waals surface area contributed by atoms with Gasteiger partial charge in [0, 0.05) is 13.1 Å². The van der Waals surface area contributed by atoms with Gasteiger partial charge in [0.25, 0.3) is 0 Å². The summed E-state index contributed by atoms with van der Waals surface area (Å²) < 4.78 is 51.6. The number of hydrogen-bond acceptors (Lipinski definition) is 5. The molecule has 3 aromatic carbocycles. The van der Waals surface area contributed by atoms with Crippen LogP contribution in [-0.4, -0.2) is 32.0 Å². The Morgan fingerprint density at radius 3 is 2.36 bits per heavy atom. The zero-order chi connectivity index (χ0) is 23.4. The van der Waals surface area contributed by atoms with Gasteiger partial charge in [-0.15, -0.1) is 0 Å². The van der Waals surface area contributed by atoms with Crippen LogP contribution in [0.2, 0.25) is 0 Å². The van der Waals surface area contributed by atoms with E-state index in [0.29, 0.717) is 17.1 Å². The molecule has 0 spiro atoms. The van der Waals surface area contributed by atoms with Crippen molar-refractivity contribution in [1.82, 2.24) is 9.62 Å². The molecule has 33 heavy (non-hydrogen) atoms. The van der Waals surface area contributed by atoms with Gasteiger partial charge in [-0.25, -0.2) is 12.8 Å². The van der Waals surface area contributed by atoms with Gasteiger partial charge < -0.3 is 14.8 Å². The first kappa shape index (κ1) is 22.8. The first-order chi connectivity index (χ1) is 15.8. The molecule has 0 unspecified atom stereocenters. The van der Waals surface area contributed by atoms with E-state index in [1.54, 1.807) is 30.3 Å². The molecule has 1 N–H and O–H groups in total. The van der Waals surface area contributed by atoms with Crippen molar-refractivity contribution < 1.29 is 27.1 Å². The minimum atomic E-state index is -3.97. The monoisotopic (exact) mass is 470 g/mol. The van der Waals surface area contributed by atoms with Crippen molar-refractivity contribution in [3.8, 4) is 11.5 Å². The number of benzene rings is 3. The van der Waals surface area contributed by atoms with Crippen molar-refractivity contribution in [2.75, 3.05) is 13.3 Å². The van der Waals surface area contributed by atoms with Crippen LogP contribution in [-0.2, 0) is 27.9 Å². The highest BCUT2D eigenvalue weighted by molar-refractivity contribution is 7.89. The van der Waals surface area contributed by atoms with Crippen LogP contribution in [0.1, 0.15) is 16.7 Å². The third-order valence-corrected chi connectivity index (χ3v) is 6.98. The topological polar surface area (TPSA) is 84.9 Å². The molecule has 7 nitrogen and oxygen atoms in total. The Labute approximate surface area is 191 Å². The summed E-state index contributed by atoms with van der Waals surface area (Å²) in [5, 5.41) is 2.75. The molecule has 0 bridgehead atoms. The Morgan fingerprint density at radius 2 is 1.64 bits per heavy atom. The zero-order valence-corrected chi connectivity index (χ0v) is 18.8. The van der Waals surface area contributed by atoms with Gasteiger partial charge in [-0.1, -0.05) is 35.9 Å². The van der Waals surface area contributed by atoms with E-state index in [4.69, 9.17) is 9.47 Å². The number of nitrogens with zero attached hydrogens (tertiary/aromatic N) is 1. The average molecular weight is 471 g/mol. The van der Waals surface area contributed by atoms with Gasteiger partial charge in [-0.05, 0) is 54.4 Å². The predicted molar refractivity (Wildman–Crippen MR) is 120 cm³/mol. The summed E-state index contributed by atoms with van der Waals surface area (Å²) in [6, 6.07) is 17.2. The molecule has 0 aliphatic carbocycles. The van der Waals surface area contributed by atoms with E-state index in [9.17, 15) is 17.6 Å². The molecule has 0 atom stereocenters. The minimum absolute atomic E-state index is 0.0755. The van der Waals surface area contributed by atoms with Gasteiger partial charge in [0.1, 0.15) is 5.82 Å². The summed E-state index contributed by atoms with van der Waals surface area (Å²) in [5.41, 5.74) is 2.27.